The molecule has 144 valence electrons. The molecular formula is C19H25N5OS2. The average Bonchev–Trinajstić information content (AvgIpc) is 3.23. The summed E-state index contributed by atoms with van der Waals surface area (Å²) in [7, 11) is 1.63. The van der Waals surface area contributed by atoms with Crippen LogP contribution in [0.1, 0.15) is 12.0 Å². The number of nitrogens with one attached hydrogen (secondary N) is 2. The van der Waals surface area contributed by atoms with Crippen molar-refractivity contribution in [1.82, 2.24) is 15.6 Å². The maximum Gasteiger partial charge on any atom is 0.137 e. The second kappa shape index (κ2) is 12.4. The summed E-state index contributed by atoms with van der Waals surface area (Å²) in [4.78, 5) is 13.1. The van der Waals surface area contributed by atoms with Crippen LogP contribution in [0, 0.1) is 0 Å². The Labute approximate surface area is 168 Å². The SMILES string of the molecule is C1CNCNC1.C=NCS/C=C(\N=C)c1csc(-c2cncc(OC)c2)c1. The first-order valence-electron chi connectivity index (χ1n) is 8.49. The van der Waals surface area contributed by atoms with Crippen molar-refractivity contribution < 1.29 is 4.74 Å². The van der Waals surface area contributed by atoms with E-state index in [4.69, 9.17) is 4.74 Å². The summed E-state index contributed by atoms with van der Waals surface area (Å²) in [6, 6.07) is 4.03. The maximum absolute atomic E-state index is 5.20. The number of rotatable bonds is 7. The van der Waals surface area contributed by atoms with E-state index in [0.29, 0.717) is 5.88 Å². The molecule has 6 nitrogen and oxygen atoms in total. The number of pyridine rings is 1. The normalized spacial score (nSPS) is 14.0. The molecule has 1 saturated heterocycles. The smallest absolute Gasteiger partial charge is 0.137 e. The summed E-state index contributed by atoms with van der Waals surface area (Å²) in [5.41, 5.74) is 2.89. The predicted molar refractivity (Wildman–Crippen MR) is 119 cm³/mol. The van der Waals surface area contributed by atoms with Gasteiger partial charge < -0.3 is 15.4 Å². The van der Waals surface area contributed by atoms with Crippen LogP contribution in [0.2, 0.25) is 0 Å². The monoisotopic (exact) mass is 403 g/mol. The van der Waals surface area contributed by atoms with E-state index in [1.165, 1.54) is 31.3 Å². The minimum Gasteiger partial charge on any atom is -0.495 e. The van der Waals surface area contributed by atoms with Gasteiger partial charge in [0.15, 0.2) is 0 Å². The van der Waals surface area contributed by atoms with Gasteiger partial charge in [-0.3, -0.25) is 15.0 Å². The van der Waals surface area contributed by atoms with Crippen molar-refractivity contribution in [1.29, 1.82) is 0 Å². The van der Waals surface area contributed by atoms with E-state index >= 15 is 0 Å². The average molecular weight is 404 g/mol. The Morgan fingerprint density at radius 1 is 1.33 bits per heavy atom. The van der Waals surface area contributed by atoms with Gasteiger partial charge >= 0.3 is 0 Å². The summed E-state index contributed by atoms with van der Waals surface area (Å²) < 4.78 is 5.20. The molecule has 2 aromatic rings. The number of hydrogen-bond donors (Lipinski definition) is 2. The lowest BCUT2D eigenvalue weighted by Crippen LogP contribution is -2.37. The second-order valence-corrected chi connectivity index (χ2v) is 7.26. The van der Waals surface area contributed by atoms with Gasteiger partial charge in [-0.1, -0.05) is 0 Å². The molecule has 1 aliphatic heterocycles. The van der Waals surface area contributed by atoms with Crippen LogP contribution in [0.25, 0.3) is 16.1 Å². The highest BCUT2D eigenvalue weighted by Crippen LogP contribution is 2.32. The molecule has 1 aliphatic rings. The third kappa shape index (κ3) is 7.26. The van der Waals surface area contributed by atoms with Gasteiger partial charge in [-0.25, -0.2) is 0 Å². The van der Waals surface area contributed by atoms with Crippen LogP contribution in [-0.2, 0) is 0 Å². The molecule has 0 amide bonds. The van der Waals surface area contributed by atoms with Crippen molar-refractivity contribution in [3.63, 3.8) is 0 Å². The van der Waals surface area contributed by atoms with E-state index in [9.17, 15) is 0 Å². The van der Waals surface area contributed by atoms with Gasteiger partial charge in [-0.2, -0.15) is 0 Å². The molecule has 3 rings (SSSR count). The quantitative estimate of drug-likeness (QED) is 0.544. The molecule has 0 atom stereocenters. The summed E-state index contributed by atoms with van der Waals surface area (Å²) in [5, 5.41) is 10.3. The molecule has 0 bridgehead atoms. The Morgan fingerprint density at radius 3 is 2.74 bits per heavy atom. The van der Waals surface area contributed by atoms with Gasteiger partial charge in [0.1, 0.15) is 5.75 Å². The summed E-state index contributed by atoms with van der Waals surface area (Å²) >= 11 is 3.17. The molecule has 0 unspecified atom stereocenters. The number of aromatic nitrogens is 1. The van der Waals surface area contributed by atoms with Gasteiger partial charge in [0.05, 0.1) is 24.9 Å². The van der Waals surface area contributed by atoms with Crippen LogP contribution < -0.4 is 15.4 Å². The summed E-state index contributed by atoms with van der Waals surface area (Å²) in [5.74, 6) is 1.35. The van der Waals surface area contributed by atoms with Crippen LogP contribution in [0.15, 0.2) is 45.3 Å². The number of methoxy groups -OCH3 is 1. The van der Waals surface area contributed by atoms with Crippen LogP contribution in [-0.4, -0.2) is 51.2 Å². The lowest BCUT2D eigenvalue weighted by atomic mass is 10.2. The largest absolute Gasteiger partial charge is 0.495 e. The lowest BCUT2D eigenvalue weighted by Gasteiger charge is -2.11. The lowest BCUT2D eigenvalue weighted by molar-refractivity contribution is 0.413. The molecular weight excluding hydrogens is 378 g/mol. The Balaban J connectivity index is 0.000000369. The molecule has 0 radical (unpaired) electrons. The van der Waals surface area contributed by atoms with E-state index in [-0.39, 0.29) is 0 Å². The summed E-state index contributed by atoms with van der Waals surface area (Å²) in [6.45, 7) is 10.4. The van der Waals surface area contributed by atoms with E-state index in [1.807, 2.05) is 17.7 Å². The number of ether oxygens (including phenoxy) is 1. The van der Waals surface area contributed by atoms with Gasteiger partial charge in [-0.05, 0) is 50.5 Å². The standard InChI is InChI=1S/C15H15N3OS2.C4H10N2/c1-16-10-20-9-14(17-2)12-5-15(21-8-12)11-4-13(19-3)7-18-6-11;1-2-5-4-6-3-1/h4-9H,1-2,10H2,3H3;5-6H,1-4H2/b14-9-;. The molecule has 8 heteroatoms. The fraction of sp³-hybridized carbons (Fsp3) is 0.316. The zero-order valence-electron chi connectivity index (χ0n) is 15.5. The number of aliphatic imine (C=N–C) groups is 2. The third-order valence-electron chi connectivity index (χ3n) is 3.62. The first-order valence-corrected chi connectivity index (χ1v) is 10.4. The molecule has 3 heterocycles. The zero-order valence-corrected chi connectivity index (χ0v) is 17.1. The Bertz CT molecular complexity index is 745. The van der Waals surface area contributed by atoms with Gasteiger partial charge in [0, 0.05) is 34.2 Å². The van der Waals surface area contributed by atoms with Crippen LogP contribution in [0.5, 0.6) is 5.75 Å². The number of thiophene rings is 1. The first-order chi connectivity index (χ1) is 13.3. The fourth-order valence-corrected chi connectivity index (χ4v) is 3.69. The van der Waals surface area contributed by atoms with E-state index in [0.717, 1.165) is 34.1 Å². The fourth-order valence-electron chi connectivity index (χ4n) is 2.26. The highest BCUT2D eigenvalue weighted by molar-refractivity contribution is 8.02. The predicted octanol–water partition coefficient (Wildman–Crippen LogP) is 3.74. The molecule has 0 spiro atoms. The molecule has 0 aliphatic carbocycles. The van der Waals surface area contributed by atoms with Gasteiger partial charge in [-0.15, -0.1) is 23.1 Å². The highest BCUT2D eigenvalue weighted by Gasteiger charge is 2.07. The maximum atomic E-state index is 5.20. The van der Waals surface area contributed by atoms with Crippen LogP contribution >= 0.6 is 23.1 Å². The molecule has 0 saturated carbocycles. The van der Waals surface area contributed by atoms with Crippen LogP contribution in [0.4, 0.5) is 0 Å². The molecule has 2 N–H and O–H groups in total. The number of thioether (sulfide) groups is 1. The van der Waals surface area contributed by atoms with E-state index < -0.39 is 0 Å². The first kappa shape index (κ1) is 21.3. The zero-order chi connectivity index (χ0) is 19.3. The van der Waals surface area contributed by atoms with Gasteiger partial charge in [0.2, 0.25) is 0 Å². The van der Waals surface area contributed by atoms with Crippen molar-refractivity contribution >= 4 is 42.2 Å². The van der Waals surface area contributed by atoms with E-state index in [2.05, 4.69) is 50.5 Å². The Kier molecular flexibility index (Phi) is 9.78. The van der Waals surface area contributed by atoms with Crippen molar-refractivity contribution in [3.8, 4) is 16.2 Å². The third-order valence-corrected chi connectivity index (χ3v) is 5.32. The molecule has 1 fully saturated rings. The Hall–Kier alpha value is -2.00. The molecule has 0 aromatic carbocycles. The number of nitrogens with zero attached hydrogens (tertiary/aromatic N) is 3. The van der Waals surface area contributed by atoms with E-state index in [1.54, 1.807) is 24.6 Å². The van der Waals surface area contributed by atoms with Crippen molar-refractivity contribution in [2.24, 2.45) is 9.98 Å². The van der Waals surface area contributed by atoms with Crippen molar-refractivity contribution in [3.05, 3.63) is 40.9 Å². The minimum absolute atomic E-state index is 0.607. The van der Waals surface area contributed by atoms with Gasteiger partial charge in [0.25, 0.3) is 0 Å². The van der Waals surface area contributed by atoms with Crippen LogP contribution in [0.3, 0.4) is 0 Å². The molecule has 27 heavy (non-hydrogen) atoms. The van der Waals surface area contributed by atoms with Crippen molar-refractivity contribution in [2.45, 2.75) is 6.42 Å². The summed E-state index contributed by atoms with van der Waals surface area (Å²) in [6.07, 6.45) is 4.78. The highest BCUT2D eigenvalue weighted by atomic mass is 32.2. The Morgan fingerprint density at radius 2 is 2.15 bits per heavy atom. The minimum atomic E-state index is 0.607. The second-order valence-electron chi connectivity index (χ2n) is 5.52. The topological polar surface area (TPSA) is 70.9 Å². The number of hydrogen-bond acceptors (Lipinski definition) is 8. The van der Waals surface area contributed by atoms with Crippen molar-refractivity contribution in [2.75, 3.05) is 32.7 Å². The molecule has 2 aromatic heterocycles.